The van der Waals surface area contributed by atoms with Gasteiger partial charge in [-0.05, 0) is 31.0 Å². The molecule has 0 saturated carbocycles. The summed E-state index contributed by atoms with van der Waals surface area (Å²) in [6, 6.07) is 5.64. The van der Waals surface area contributed by atoms with Gasteiger partial charge in [-0.15, -0.1) is 0 Å². The maximum absolute atomic E-state index is 11.4. The molecule has 0 bridgehead atoms. The summed E-state index contributed by atoms with van der Waals surface area (Å²) in [4.78, 5) is 13.5. The molecular formula is C14H19NO2. The van der Waals surface area contributed by atoms with Crippen LogP contribution in [0.5, 0.6) is 5.75 Å². The average molecular weight is 233 g/mol. The Morgan fingerprint density at radius 2 is 2.18 bits per heavy atom. The molecule has 1 aromatic carbocycles. The first kappa shape index (κ1) is 12.0. The molecule has 2 rings (SSSR count). The second-order valence-corrected chi connectivity index (χ2v) is 5.02. The molecule has 0 spiro atoms. The van der Waals surface area contributed by atoms with E-state index in [2.05, 4.69) is 18.7 Å². The second-order valence-electron chi connectivity index (χ2n) is 5.02. The van der Waals surface area contributed by atoms with Crippen molar-refractivity contribution in [3.05, 3.63) is 23.8 Å². The molecule has 92 valence electrons. The standard InChI is InChI=1S/C14H19NO2/c1-9(2)14-8-15(4)12-7-11(10(3)16)5-6-13(12)17-14/h5-7,9,14H,8H2,1-4H3. The molecule has 1 aliphatic heterocycles. The van der Waals surface area contributed by atoms with Gasteiger partial charge in [0.1, 0.15) is 11.9 Å². The first-order valence-corrected chi connectivity index (χ1v) is 6.02. The van der Waals surface area contributed by atoms with Gasteiger partial charge >= 0.3 is 0 Å². The molecular weight excluding hydrogens is 214 g/mol. The lowest BCUT2D eigenvalue weighted by molar-refractivity contribution is 0.101. The Morgan fingerprint density at radius 3 is 2.76 bits per heavy atom. The maximum atomic E-state index is 11.4. The Bertz CT molecular complexity index is 440. The van der Waals surface area contributed by atoms with Gasteiger partial charge in [-0.3, -0.25) is 4.79 Å². The lowest BCUT2D eigenvalue weighted by Crippen LogP contribution is -2.40. The molecule has 0 saturated heterocycles. The van der Waals surface area contributed by atoms with Crippen molar-refractivity contribution in [1.29, 1.82) is 0 Å². The van der Waals surface area contributed by atoms with Crippen LogP contribution in [0.3, 0.4) is 0 Å². The summed E-state index contributed by atoms with van der Waals surface area (Å²) in [6.45, 7) is 6.77. The number of hydrogen-bond acceptors (Lipinski definition) is 3. The SMILES string of the molecule is CC(=O)c1ccc2c(c1)N(C)CC(C(C)C)O2. The van der Waals surface area contributed by atoms with Crippen LogP contribution in [-0.2, 0) is 0 Å². The van der Waals surface area contributed by atoms with Crippen LogP contribution in [-0.4, -0.2) is 25.5 Å². The van der Waals surface area contributed by atoms with Crippen molar-refractivity contribution in [2.75, 3.05) is 18.5 Å². The number of rotatable bonds is 2. The number of benzene rings is 1. The van der Waals surface area contributed by atoms with Gasteiger partial charge < -0.3 is 9.64 Å². The summed E-state index contributed by atoms with van der Waals surface area (Å²) >= 11 is 0. The molecule has 0 N–H and O–H groups in total. The van der Waals surface area contributed by atoms with Crippen LogP contribution in [0.2, 0.25) is 0 Å². The highest BCUT2D eigenvalue weighted by atomic mass is 16.5. The minimum atomic E-state index is 0.0900. The number of ether oxygens (including phenoxy) is 1. The van der Waals surface area contributed by atoms with Crippen LogP contribution in [0.1, 0.15) is 31.1 Å². The lowest BCUT2D eigenvalue weighted by atomic mass is 10.0. The van der Waals surface area contributed by atoms with Crippen molar-refractivity contribution < 1.29 is 9.53 Å². The van der Waals surface area contributed by atoms with E-state index in [0.717, 1.165) is 23.5 Å². The predicted octanol–water partition coefficient (Wildman–Crippen LogP) is 2.74. The van der Waals surface area contributed by atoms with Gasteiger partial charge in [-0.1, -0.05) is 13.8 Å². The first-order chi connectivity index (χ1) is 7.99. The zero-order chi connectivity index (χ0) is 12.6. The Labute approximate surface area is 102 Å². The highest BCUT2D eigenvalue weighted by molar-refractivity contribution is 5.95. The van der Waals surface area contributed by atoms with Crippen molar-refractivity contribution in [2.24, 2.45) is 5.92 Å². The predicted molar refractivity (Wildman–Crippen MR) is 69.0 cm³/mol. The molecule has 1 heterocycles. The third-order valence-electron chi connectivity index (χ3n) is 3.25. The first-order valence-electron chi connectivity index (χ1n) is 6.02. The molecule has 0 aliphatic carbocycles. The van der Waals surface area contributed by atoms with Crippen LogP contribution in [0.4, 0.5) is 5.69 Å². The van der Waals surface area contributed by atoms with E-state index in [0.29, 0.717) is 5.92 Å². The molecule has 17 heavy (non-hydrogen) atoms. The zero-order valence-electron chi connectivity index (χ0n) is 10.9. The third kappa shape index (κ3) is 2.28. The Balaban J connectivity index is 2.35. The number of fused-ring (bicyclic) bond motifs is 1. The molecule has 3 heteroatoms. The molecule has 0 radical (unpaired) electrons. The summed E-state index contributed by atoms with van der Waals surface area (Å²) in [5.74, 6) is 1.45. The fourth-order valence-electron chi connectivity index (χ4n) is 2.05. The maximum Gasteiger partial charge on any atom is 0.159 e. The molecule has 1 aromatic rings. The number of carbonyl (C=O) groups excluding carboxylic acids is 1. The normalized spacial score (nSPS) is 18.9. The van der Waals surface area contributed by atoms with Gasteiger partial charge in [-0.25, -0.2) is 0 Å². The monoisotopic (exact) mass is 233 g/mol. The van der Waals surface area contributed by atoms with E-state index in [-0.39, 0.29) is 11.9 Å². The topological polar surface area (TPSA) is 29.5 Å². The third-order valence-corrected chi connectivity index (χ3v) is 3.25. The van der Waals surface area contributed by atoms with E-state index >= 15 is 0 Å². The summed E-state index contributed by atoms with van der Waals surface area (Å²) in [5.41, 5.74) is 1.75. The number of nitrogens with zero attached hydrogens (tertiary/aromatic N) is 1. The summed E-state index contributed by atoms with van der Waals surface area (Å²) in [7, 11) is 2.04. The molecule has 3 nitrogen and oxygen atoms in total. The van der Waals surface area contributed by atoms with Crippen molar-refractivity contribution in [3.8, 4) is 5.75 Å². The van der Waals surface area contributed by atoms with Gasteiger partial charge in [0, 0.05) is 12.6 Å². The fraction of sp³-hybridized carbons (Fsp3) is 0.500. The Kier molecular flexibility index (Phi) is 3.09. The van der Waals surface area contributed by atoms with Crippen molar-refractivity contribution >= 4 is 11.5 Å². The lowest BCUT2D eigenvalue weighted by Gasteiger charge is -2.35. The van der Waals surface area contributed by atoms with Gasteiger partial charge in [0.2, 0.25) is 0 Å². The molecule has 1 atom stereocenters. The molecule has 0 fully saturated rings. The van der Waals surface area contributed by atoms with E-state index in [1.807, 2.05) is 25.2 Å². The van der Waals surface area contributed by atoms with Crippen LogP contribution in [0.25, 0.3) is 0 Å². The highest BCUT2D eigenvalue weighted by Crippen LogP contribution is 2.34. The number of likely N-dealkylation sites (N-methyl/N-ethyl adjacent to an activating group) is 1. The number of ketones is 1. The van der Waals surface area contributed by atoms with E-state index in [9.17, 15) is 4.79 Å². The second kappa shape index (κ2) is 4.40. The summed E-state index contributed by atoms with van der Waals surface area (Å²) < 4.78 is 5.95. The van der Waals surface area contributed by atoms with E-state index in [4.69, 9.17) is 4.74 Å². The Hall–Kier alpha value is -1.51. The number of hydrogen-bond donors (Lipinski definition) is 0. The van der Waals surface area contributed by atoms with Crippen LogP contribution in [0, 0.1) is 5.92 Å². The van der Waals surface area contributed by atoms with Crippen LogP contribution >= 0.6 is 0 Å². The average Bonchev–Trinajstić information content (AvgIpc) is 2.28. The largest absolute Gasteiger partial charge is 0.486 e. The van der Waals surface area contributed by atoms with Gasteiger partial charge in [0.05, 0.1) is 12.2 Å². The van der Waals surface area contributed by atoms with Crippen molar-refractivity contribution in [2.45, 2.75) is 26.9 Å². The van der Waals surface area contributed by atoms with Crippen molar-refractivity contribution in [1.82, 2.24) is 0 Å². The van der Waals surface area contributed by atoms with E-state index in [1.165, 1.54) is 0 Å². The highest BCUT2D eigenvalue weighted by Gasteiger charge is 2.26. The van der Waals surface area contributed by atoms with Gasteiger partial charge in [-0.2, -0.15) is 0 Å². The molecule has 0 amide bonds. The number of anilines is 1. The molecule has 1 unspecified atom stereocenters. The van der Waals surface area contributed by atoms with E-state index < -0.39 is 0 Å². The minimum absolute atomic E-state index is 0.0900. The fourth-order valence-corrected chi connectivity index (χ4v) is 2.05. The quantitative estimate of drug-likeness (QED) is 0.736. The van der Waals surface area contributed by atoms with Crippen LogP contribution < -0.4 is 9.64 Å². The molecule has 0 aromatic heterocycles. The van der Waals surface area contributed by atoms with Crippen LogP contribution in [0.15, 0.2) is 18.2 Å². The minimum Gasteiger partial charge on any atom is -0.486 e. The van der Waals surface area contributed by atoms with E-state index in [1.54, 1.807) is 6.92 Å². The van der Waals surface area contributed by atoms with Crippen molar-refractivity contribution in [3.63, 3.8) is 0 Å². The Morgan fingerprint density at radius 1 is 1.47 bits per heavy atom. The summed E-state index contributed by atoms with van der Waals surface area (Å²) in [6.07, 6.45) is 0.218. The van der Waals surface area contributed by atoms with Gasteiger partial charge in [0.15, 0.2) is 5.78 Å². The zero-order valence-corrected chi connectivity index (χ0v) is 10.9. The number of Topliss-reactive ketones (excluding diaryl/α,β-unsaturated/α-hetero) is 1. The number of carbonyl (C=O) groups is 1. The smallest absolute Gasteiger partial charge is 0.159 e. The summed E-state index contributed by atoms with van der Waals surface area (Å²) in [5, 5.41) is 0. The van der Waals surface area contributed by atoms with Gasteiger partial charge in [0.25, 0.3) is 0 Å². The molecule has 1 aliphatic rings.